The maximum absolute atomic E-state index is 15.1. The summed E-state index contributed by atoms with van der Waals surface area (Å²) in [4.78, 5) is 40.4. The Hall–Kier alpha value is -2.94. The Balaban J connectivity index is 1.78. The molecule has 2 unspecified atom stereocenters. The fourth-order valence-electron chi connectivity index (χ4n) is 2.62. The van der Waals surface area contributed by atoms with Crippen molar-refractivity contribution >= 4 is 23.6 Å². The number of imide groups is 1. The van der Waals surface area contributed by atoms with E-state index < -0.39 is 29.8 Å². The molecule has 2 aliphatic rings. The van der Waals surface area contributed by atoms with Gasteiger partial charge in [0.15, 0.2) is 0 Å². The summed E-state index contributed by atoms with van der Waals surface area (Å²) in [6.45, 7) is 1.33. The summed E-state index contributed by atoms with van der Waals surface area (Å²) < 4.78 is 19.7. The molecule has 9 heteroatoms. The number of hydrogen-bond donors (Lipinski definition) is 3. The highest BCUT2D eigenvalue weighted by atomic mass is 19.1. The number of halogens is 1. The van der Waals surface area contributed by atoms with Crippen LogP contribution >= 0.6 is 0 Å². The van der Waals surface area contributed by atoms with Gasteiger partial charge in [-0.05, 0) is 18.9 Å². The van der Waals surface area contributed by atoms with E-state index in [0.717, 1.165) is 11.1 Å². The highest BCUT2D eigenvalue weighted by Gasteiger charge is 2.60. The number of esters is 1. The van der Waals surface area contributed by atoms with Crippen LogP contribution in [0, 0.1) is 0 Å². The third kappa shape index (κ3) is 2.93. The summed E-state index contributed by atoms with van der Waals surface area (Å²) >= 11 is 0. The molecule has 1 fully saturated rings. The van der Waals surface area contributed by atoms with Gasteiger partial charge in [-0.25, -0.2) is 18.8 Å². The summed E-state index contributed by atoms with van der Waals surface area (Å²) in [5.41, 5.74) is 1.73. The fraction of sp³-hybridized carbons (Fsp3) is 0.312. The van der Waals surface area contributed by atoms with E-state index in [1.54, 1.807) is 11.4 Å². The Kier molecular flexibility index (Phi) is 4.41. The first-order valence-electron chi connectivity index (χ1n) is 7.65. The van der Waals surface area contributed by atoms with Crippen molar-refractivity contribution in [3.63, 3.8) is 0 Å². The van der Waals surface area contributed by atoms with Gasteiger partial charge in [-0.3, -0.25) is 15.6 Å². The highest BCUT2D eigenvalue weighted by Crippen LogP contribution is 2.27. The minimum Gasteiger partial charge on any atom is -0.463 e. The topological polar surface area (TPSA) is 106 Å². The average Bonchev–Trinajstić information content (AvgIpc) is 3.00. The molecular weight excluding hydrogens is 333 g/mol. The van der Waals surface area contributed by atoms with Gasteiger partial charge in [0.1, 0.15) is 0 Å². The van der Waals surface area contributed by atoms with Gasteiger partial charge in [0.2, 0.25) is 6.23 Å². The van der Waals surface area contributed by atoms with E-state index in [-0.39, 0.29) is 6.61 Å². The molecule has 8 nitrogen and oxygen atoms in total. The largest absolute Gasteiger partial charge is 0.463 e. The van der Waals surface area contributed by atoms with E-state index in [0.29, 0.717) is 12.1 Å². The number of carbonyl (C=O) groups excluding carboxylic acids is 3. The molecule has 1 saturated heterocycles. The zero-order valence-corrected chi connectivity index (χ0v) is 13.3. The van der Waals surface area contributed by atoms with E-state index in [1.165, 1.54) is 6.92 Å². The first-order valence-corrected chi connectivity index (χ1v) is 7.65. The van der Waals surface area contributed by atoms with Crippen molar-refractivity contribution in [2.24, 2.45) is 0 Å². The number of hydrogen-bond acceptors (Lipinski definition) is 6. The Bertz CT molecular complexity index is 766. The molecular formula is C16H16FN3O5. The van der Waals surface area contributed by atoms with E-state index in [4.69, 9.17) is 4.84 Å². The van der Waals surface area contributed by atoms with Gasteiger partial charge in [0.25, 0.3) is 5.91 Å². The van der Waals surface area contributed by atoms with E-state index in [2.05, 4.69) is 15.5 Å². The molecule has 0 saturated carbocycles. The van der Waals surface area contributed by atoms with Gasteiger partial charge in [-0.15, -0.1) is 0 Å². The second-order valence-corrected chi connectivity index (χ2v) is 5.44. The van der Waals surface area contributed by atoms with E-state index in [1.807, 2.05) is 24.3 Å². The minimum atomic E-state index is -3.21. The van der Waals surface area contributed by atoms with E-state index in [9.17, 15) is 14.4 Å². The predicted molar refractivity (Wildman–Crippen MR) is 83.3 cm³/mol. The lowest BCUT2D eigenvalue weighted by atomic mass is 10.0. The van der Waals surface area contributed by atoms with Crippen molar-refractivity contribution < 1.29 is 28.3 Å². The maximum Gasteiger partial charge on any atom is 0.358 e. The van der Waals surface area contributed by atoms with Crippen molar-refractivity contribution in [1.82, 2.24) is 16.1 Å². The second-order valence-electron chi connectivity index (χ2n) is 5.44. The lowest BCUT2D eigenvalue weighted by Gasteiger charge is -2.34. The van der Waals surface area contributed by atoms with Gasteiger partial charge in [0, 0.05) is 5.56 Å². The molecule has 0 spiro atoms. The van der Waals surface area contributed by atoms with E-state index >= 15 is 4.39 Å². The summed E-state index contributed by atoms with van der Waals surface area (Å²) in [6, 6.07) is 6.50. The van der Waals surface area contributed by atoms with Crippen LogP contribution in [-0.4, -0.2) is 36.4 Å². The average molecular weight is 349 g/mol. The van der Waals surface area contributed by atoms with Crippen molar-refractivity contribution in [3.8, 4) is 0 Å². The number of urea groups is 1. The van der Waals surface area contributed by atoms with Gasteiger partial charge >= 0.3 is 17.7 Å². The van der Waals surface area contributed by atoms with Crippen molar-refractivity contribution in [2.75, 3.05) is 6.61 Å². The molecule has 1 aliphatic heterocycles. The van der Waals surface area contributed by atoms with Crippen LogP contribution in [0.4, 0.5) is 9.18 Å². The Morgan fingerprint density at radius 3 is 2.92 bits per heavy atom. The van der Waals surface area contributed by atoms with Crippen LogP contribution in [0.2, 0.25) is 0 Å². The van der Waals surface area contributed by atoms with Crippen molar-refractivity contribution in [1.29, 1.82) is 0 Å². The molecule has 3 rings (SSSR count). The number of nitrogens with one attached hydrogen (secondary N) is 3. The lowest BCUT2D eigenvalue weighted by molar-refractivity contribution is -0.183. The summed E-state index contributed by atoms with van der Waals surface area (Å²) in [6.07, 6.45) is 0.569. The first-order chi connectivity index (χ1) is 12.0. The fourth-order valence-corrected chi connectivity index (χ4v) is 2.62. The summed E-state index contributed by atoms with van der Waals surface area (Å²) in [7, 11) is 0. The summed E-state index contributed by atoms with van der Waals surface area (Å²) in [5, 5.41) is 3.76. The Morgan fingerprint density at radius 2 is 2.16 bits per heavy atom. The number of hydroxylamine groups is 1. The highest BCUT2D eigenvalue weighted by molar-refractivity contribution is 6.14. The molecule has 1 heterocycles. The van der Waals surface area contributed by atoms with Crippen LogP contribution in [-0.2, 0) is 25.6 Å². The smallest absolute Gasteiger partial charge is 0.358 e. The number of amides is 3. The molecule has 2 atom stereocenters. The van der Waals surface area contributed by atoms with Crippen LogP contribution in [0.5, 0.6) is 0 Å². The molecule has 0 bridgehead atoms. The van der Waals surface area contributed by atoms with Gasteiger partial charge in [-0.1, -0.05) is 30.3 Å². The lowest BCUT2D eigenvalue weighted by Crippen LogP contribution is -2.71. The number of fused-ring (bicyclic) bond motifs is 1. The van der Waals surface area contributed by atoms with Crippen molar-refractivity contribution in [2.45, 2.75) is 25.2 Å². The van der Waals surface area contributed by atoms with Gasteiger partial charge in [-0.2, -0.15) is 0 Å². The monoisotopic (exact) mass is 349 g/mol. The number of allylic oxidation sites excluding steroid dienone is 1. The number of rotatable bonds is 5. The minimum absolute atomic E-state index is 0.135. The van der Waals surface area contributed by atoms with Gasteiger partial charge in [0.05, 0.1) is 12.3 Å². The zero-order chi connectivity index (χ0) is 18.0. The quantitative estimate of drug-likeness (QED) is 0.407. The molecule has 0 radical (unpaired) electrons. The molecule has 1 aromatic rings. The van der Waals surface area contributed by atoms with Crippen LogP contribution in [0.1, 0.15) is 18.1 Å². The predicted octanol–water partition coefficient (Wildman–Crippen LogP) is 0.542. The van der Waals surface area contributed by atoms with Crippen LogP contribution in [0.15, 0.2) is 30.3 Å². The zero-order valence-electron chi connectivity index (χ0n) is 13.3. The third-order valence-electron chi connectivity index (χ3n) is 3.87. The molecule has 3 N–H and O–H groups in total. The van der Waals surface area contributed by atoms with Crippen molar-refractivity contribution in [3.05, 3.63) is 41.5 Å². The Labute approximate surface area is 142 Å². The number of alkyl halides is 1. The molecule has 3 amide bonds. The molecule has 1 aliphatic carbocycles. The second kappa shape index (κ2) is 6.52. The summed E-state index contributed by atoms with van der Waals surface area (Å²) in [5.74, 6) is -2.89. The Morgan fingerprint density at radius 1 is 1.40 bits per heavy atom. The van der Waals surface area contributed by atoms with Crippen LogP contribution < -0.4 is 16.1 Å². The SMILES string of the molecule is CCOC(=O)C1(F)C(=O)NC(=O)NC1ONC1=CCc2ccccc21. The molecule has 1 aromatic carbocycles. The maximum atomic E-state index is 15.1. The normalized spacial score (nSPS) is 24.7. The molecule has 132 valence electrons. The molecule has 25 heavy (non-hydrogen) atoms. The van der Waals surface area contributed by atoms with Crippen LogP contribution in [0.3, 0.4) is 0 Å². The number of carbonyl (C=O) groups is 3. The van der Waals surface area contributed by atoms with Crippen LogP contribution in [0.25, 0.3) is 5.70 Å². The first kappa shape index (κ1) is 16.9. The number of ether oxygens (including phenoxy) is 1. The van der Waals surface area contributed by atoms with Gasteiger partial charge < -0.3 is 10.1 Å². The molecule has 0 aromatic heterocycles. The standard InChI is InChI=1S/C16H16FN3O5/c1-2-24-14(22)16(17)12(21)18-15(23)19-13(16)25-20-11-8-7-9-5-3-4-6-10(9)11/h3-6,8,13,20H,2,7H2,1H3,(H2,18,19,21,23). The number of benzene rings is 1. The third-order valence-corrected chi connectivity index (χ3v) is 3.87.